The standard InChI is InChI=1S/C16H16FN3OS/c17-13-7-5-12(6-8-13)14(21)9-11-22-16-19-18-15-4-2-1-3-10-20(15)16/h5-9,11H,1-4,10H2/b11-9+. The lowest BCUT2D eigenvalue weighted by Gasteiger charge is -2.03. The van der Waals surface area contributed by atoms with E-state index in [2.05, 4.69) is 14.8 Å². The van der Waals surface area contributed by atoms with E-state index in [0.717, 1.165) is 36.8 Å². The van der Waals surface area contributed by atoms with Crippen molar-refractivity contribution in [1.29, 1.82) is 0 Å². The molecule has 0 fully saturated rings. The molecule has 0 spiro atoms. The molecule has 0 aliphatic carbocycles. The quantitative estimate of drug-likeness (QED) is 0.491. The average molecular weight is 317 g/mol. The van der Waals surface area contributed by atoms with Crippen molar-refractivity contribution in [2.75, 3.05) is 0 Å². The van der Waals surface area contributed by atoms with Crippen molar-refractivity contribution in [1.82, 2.24) is 14.8 Å². The maximum Gasteiger partial charge on any atom is 0.195 e. The lowest BCUT2D eigenvalue weighted by molar-refractivity contribution is 0.104. The first-order valence-electron chi connectivity index (χ1n) is 7.29. The van der Waals surface area contributed by atoms with Gasteiger partial charge in [0, 0.05) is 18.5 Å². The molecule has 0 unspecified atom stereocenters. The Morgan fingerprint density at radius 1 is 1.18 bits per heavy atom. The average Bonchev–Trinajstić information content (AvgIpc) is 2.76. The van der Waals surface area contributed by atoms with Gasteiger partial charge in [0.1, 0.15) is 11.6 Å². The van der Waals surface area contributed by atoms with E-state index < -0.39 is 0 Å². The van der Waals surface area contributed by atoms with Gasteiger partial charge in [-0.2, -0.15) is 0 Å². The zero-order valence-corrected chi connectivity index (χ0v) is 12.9. The number of carbonyl (C=O) groups is 1. The number of ketones is 1. The molecule has 0 atom stereocenters. The maximum absolute atomic E-state index is 12.8. The number of benzene rings is 1. The minimum Gasteiger partial charge on any atom is -0.306 e. The van der Waals surface area contributed by atoms with Crippen LogP contribution in [0.5, 0.6) is 0 Å². The van der Waals surface area contributed by atoms with Crippen LogP contribution in [0.15, 0.2) is 40.9 Å². The fourth-order valence-corrected chi connectivity index (χ4v) is 3.14. The van der Waals surface area contributed by atoms with Crippen molar-refractivity contribution in [2.24, 2.45) is 0 Å². The van der Waals surface area contributed by atoms with Gasteiger partial charge >= 0.3 is 0 Å². The van der Waals surface area contributed by atoms with Gasteiger partial charge in [-0.15, -0.1) is 10.2 Å². The first kappa shape index (κ1) is 15.0. The number of aryl methyl sites for hydroxylation is 1. The van der Waals surface area contributed by atoms with E-state index >= 15 is 0 Å². The van der Waals surface area contributed by atoms with Crippen LogP contribution >= 0.6 is 11.8 Å². The number of rotatable bonds is 4. The molecule has 1 aliphatic heterocycles. The highest BCUT2D eigenvalue weighted by molar-refractivity contribution is 8.02. The Bertz CT molecular complexity index is 694. The molecule has 4 nitrogen and oxygen atoms in total. The van der Waals surface area contributed by atoms with E-state index in [4.69, 9.17) is 0 Å². The van der Waals surface area contributed by atoms with E-state index in [1.165, 1.54) is 48.5 Å². The smallest absolute Gasteiger partial charge is 0.195 e. The monoisotopic (exact) mass is 317 g/mol. The van der Waals surface area contributed by atoms with Crippen LogP contribution in [0.4, 0.5) is 4.39 Å². The molecule has 1 aliphatic rings. The fraction of sp³-hybridized carbons (Fsp3) is 0.312. The minimum atomic E-state index is -0.346. The number of allylic oxidation sites excluding steroid dienone is 1. The predicted octanol–water partition coefficient (Wildman–Crippen LogP) is 3.63. The summed E-state index contributed by atoms with van der Waals surface area (Å²) in [5, 5.41) is 10.9. The molecule has 0 radical (unpaired) electrons. The summed E-state index contributed by atoms with van der Waals surface area (Å²) in [4.78, 5) is 12.0. The summed E-state index contributed by atoms with van der Waals surface area (Å²) in [7, 11) is 0. The molecule has 0 amide bonds. The molecule has 6 heteroatoms. The van der Waals surface area contributed by atoms with Crippen molar-refractivity contribution >= 4 is 17.5 Å². The molecular weight excluding hydrogens is 301 g/mol. The van der Waals surface area contributed by atoms with Crippen LogP contribution in [-0.2, 0) is 13.0 Å². The van der Waals surface area contributed by atoms with Crippen molar-refractivity contribution in [3.05, 3.63) is 53.0 Å². The third-order valence-corrected chi connectivity index (χ3v) is 4.38. The van der Waals surface area contributed by atoms with Gasteiger partial charge < -0.3 is 4.57 Å². The van der Waals surface area contributed by atoms with E-state index in [-0.39, 0.29) is 11.6 Å². The largest absolute Gasteiger partial charge is 0.306 e. The van der Waals surface area contributed by atoms with Crippen molar-refractivity contribution in [3.8, 4) is 0 Å². The number of fused-ring (bicyclic) bond motifs is 1. The minimum absolute atomic E-state index is 0.150. The number of aromatic nitrogens is 3. The van der Waals surface area contributed by atoms with Crippen molar-refractivity contribution in [2.45, 2.75) is 37.4 Å². The van der Waals surface area contributed by atoms with E-state index in [9.17, 15) is 9.18 Å². The summed E-state index contributed by atoms with van der Waals surface area (Å²) >= 11 is 1.39. The Hall–Kier alpha value is -1.95. The van der Waals surface area contributed by atoms with Crippen molar-refractivity contribution < 1.29 is 9.18 Å². The molecule has 0 saturated heterocycles. The first-order chi connectivity index (χ1) is 10.7. The maximum atomic E-state index is 12.8. The summed E-state index contributed by atoms with van der Waals surface area (Å²) in [6.07, 6.45) is 5.95. The summed E-state index contributed by atoms with van der Waals surface area (Å²) in [6, 6.07) is 5.53. The van der Waals surface area contributed by atoms with Crippen LogP contribution in [0.2, 0.25) is 0 Å². The second kappa shape index (κ2) is 6.87. The third-order valence-electron chi connectivity index (χ3n) is 3.60. The van der Waals surface area contributed by atoms with Gasteiger partial charge in [0.05, 0.1) is 0 Å². The number of hydrogen-bond donors (Lipinski definition) is 0. The van der Waals surface area contributed by atoms with Crippen LogP contribution in [0, 0.1) is 5.82 Å². The number of hydrogen-bond acceptors (Lipinski definition) is 4. The molecular formula is C16H16FN3OS. The molecule has 2 aromatic rings. The van der Waals surface area contributed by atoms with Gasteiger partial charge in [-0.05, 0) is 48.6 Å². The Morgan fingerprint density at radius 2 is 2.00 bits per heavy atom. The van der Waals surface area contributed by atoms with E-state index in [0.29, 0.717) is 5.56 Å². The highest BCUT2D eigenvalue weighted by atomic mass is 32.2. The van der Waals surface area contributed by atoms with Crippen LogP contribution in [0.1, 0.15) is 35.4 Å². The molecule has 0 N–H and O–H groups in total. The molecule has 22 heavy (non-hydrogen) atoms. The number of halogens is 1. The van der Waals surface area contributed by atoms with E-state index in [1.54, 1.807) is 5.41 Å². The van der Waals surface area contributed by atoms with Gasteiger partial charge in [-0.25, -0.2) is 4.39 Å². The highest BCUT2D eigenvalue weighted by Crippen LogP contribution is 2.22. The van der Waals surface area contributed by atoms with Crippen LogP contribution in [0.25, 0.3) is 0 Å². The molecule has 0 bridgehead atoms. The second-order valence-corrected chi connectivity index (χ2v) is 6.03. The molecule has 1 aromatic carbocycles. The Balaban J connectivity index is 1.66. The van der Waals surface area contributed by atoms with Gasteiger partial charge in [0.15, 0.2) is 10.9 Å². The number of thioether (sulfide) groups is 1. The molecule has 3 rings (SSSR count). The predicted molar refractivity (Wildman–Crippen MR) is 83.3 cm³/mol. The van der Waals surface area contributed by atoms with Gasteiger partial charge in [0.2, 0.25) is 0 Å². The summed E-state index contributed by atoms with van der Waals surface area (Å²) in [5.74, 6) is 0.530. The highest BCUT2D eigenvalue weighted by Gasteiger charge is 2.14. The molecule has 1 aromatic heterocycles. The molecule has 2 heterocycles. The molecule has 0 saturated carbocycles. The summed E-state index contributed by atoms with van der Waals surface area (Å²) < 4.78 is 15.0. The van der Waals surface area contributed by atoms with E-state index in [1.807, 2.05) is 0 Å². The van der Waals surface area contributed by atoms with Crippen LogP contribution in [-0.4, -0.2) is 20.5 Å². The van der Waals surface area contributed by atoms with Gasteiger partial charge in [-0.1, -0.05) is 18.2 Å². The van der Waals surface area contributed by atoms with Crippen molar-refractivity contribution in [3.63, 3.8) is 0 Å². The number of carbonyl (C=O) groups excluding carboxylic acids is 1. The Kier molecular flexibility index (Phi) is 4.68. The SMILES string of the molecule is O=C(/C=C/Sc1nnc2n1CCCCC2)c1ccc(F)cc1. The van der Waals surface area contributed by atoms with Gasteiger partial charge in [-0.3, -0.25) is 4.79 Å². The second-order valence-electron chi connectivity index (χ2n) is 5.15. The zero-order chi connectivity index (χ0) is 15.4. The lowest BCUT2D eigenvalue weighted by atomic mass is 10.1. The topological polar surface area (TPSA) is 47.8 Å². The fourth-order valence-electron chi connectivity index (χ4n) is 2.41. The first-order valence-corrected chi connectivity index (χ1v) is 8.17. The van der Waals surface area contributed by atoms with Crippen LogP contribution in [0.3, 0.4) is 0 Å². The lowest BCUT2D eigenvalue weighted by Crippen LogP contribution is -2.01. The normalized spacial score (nSPS) is 14.8. The van der Waals surface area contributed by atoms with Crippen LogP contribution < -0.4 is 0 Å². The Morgan fingerprint density at radius 3 is 2.82 bits per heavy atom. The van der Waals surface area contributed by atoms with Gasteiger partial charge in [0.25, 0.3) is 0 Å². The molecule has 114 valence electrons. The number of nitrogens with zero attached hydrogens (tertiary/aromatic N) is 3. The summed E-state index contributed by atoms with van der Waals surface area (Å²) in [6.45, 7) is 0.935. The Labute approximate surface area is 132 Å². The third kappa shape index (κ3) is 3.44. The summed E-state index contributed by atoms with van der Waals surface area (Å²) in [5.41, 5.74) is 0.471. The zero-order valence-electron chi connectivity index (χ0n) is 12.0.